The smallest absolute Gasteiger partial charge is 0.224 e. The van der Waals surface area contributed by atoms with Crippen molar-refractivity contribution >= 4 is 23.4 Å². The van der Waals surface area contributed by atoms with Crippen molar-refractivity contribution in [3.8, 4) is 5.75 Å². The molecule has 0 bridgehead atoms. The lowest BCUT2D eigenvalue weighted by Crippen LogP contribution is -2.43. The van der Waals surface area contributed by atoms with Crippen molar-refractivity contribution in [1.29, 1.82) is 0 Å². The van der Waals surface area contributed by atoms with Gasteiger partial charge in [0.25, 0.3) is 0 Å². The summed E-state index contributed by atoms with van der Waals surface area (Å²) in [7, 11) is 0. The number of rotatable bonds is 10. The quantitative estimate of drug-likeness (QED) is 0.559. The Morgan fingerprint density at radius 1 is 1.16 bits per heavy atom. The maximum atomic E-state index is 12.5. The zero-order chi connectivity index (χ0) is 22.1. The van der Waals surface area contributed by atoms with Crippen LogP contribution in [0, 0.1) is 5.92 Å². The Labute approximate surface area is 184 Å². The van der Waals surface area contributed by atoms with Crippen LogP contribution in [0.2, 0.25) is 0 Å². The summed E-state index contributed by atoms with van der Waals surface area (Å²) in [4.78, 5) is 38.0. The first kappa shape index (κ1) is 23.1. The molecule has 0 spiro atoms. The Morgan fingerprint density at radius 3 is 2.74 bits per heavy atom. The minimum absolute atomic E-state index is 0.0304. The molecule has 0 unspecified atom stereocenters. The number of amides is 3. The van der Waals surface area contributed by atoms with Crippen LogP contribution in [0.15, 0.2) is 18.2 Å². The number of anilines is 1. The van der Waals surface area contributed by atoms with Crippen LogP contribution in [0.3, 0.4) is 0 Å². The summed E-state index contributed by atoms with van der Waals surface area (Å²) >= 11 is 0. The van der Waals surface area contributed by atoms with Gasteiger partial charge in [0.05, 0.1) is 6.61 Å². The van der Waals surface area contributed by atoms with E-state index in [1.54, 1.807) is 0 Å². The molecule has 0 atom stereocenters. The summed E-state index contributed by atoms with van der Waals surface area (Å²) in [6.07, 6.45) is 7.14. The number of carbonyl (C=O) groups excluding carboxylic acids is 3. The second-order valence-electron chi connectivity index (χ2n) is 8.47. The van der Waals surface area contributed by atoms with E-state index in [-0.39, 0.29) is 23.6 Å². The summed E-state index contributed by atoms with van der Waals surface area (Å²) in [5.41, 5.74) is 1.95. The third-order valence-corrected chi connectivity index (χ3v) is 6.07. The SMILES string of the molecule is CCCCCNC(=O)C1CCN(C(=O)CCCOc2ccc3c(c2)CCC(=O)N3)CC1. The average Bonchev–Trinajstić information content (AvgIpc) is 2.79. The summed E-state index contributed by atoms with van der Waals surface area (Å²) < 4.78 is 5.80. The van der Waals surface area contributed by atoms with Gasteiger partial charge in [-0.15, -0.1) is 0 Å². The third-order valence-electron chi connectivity index (χ3n) is 6.07. The molecule has 2 N–H and O–H groups in total. The van der Waals surface area contributed by atoms with E-state index < -0.39 is 0 Å². The van der Waals surface area contributed by atoms with Crippen LogP contribution in [0.4, 0.5) is 5.69 Å². The highest BCUT2D eigenvalue weighted by molar-refractivity contribution is 5.94. The number of fused-ring (bicyclic) bond motifs is 1. The van der Waals surface area contributed by atoms with Crippen LogP contribution in [0.25, 0.3) is 0 Å². The fourth-order valence-electron chi connectivity index (χ4n) is 4.14. The number of ether oxygens (including phenoxy) is 1. The number of carbonyl (C=O) groups is 3. The predicted octanol–water partition coefficient (Wildman–Crippen LogP) is 3.28. The number of piperidine rings is 1. The number of nitrogens with zero attached hydrogens (tertiary/aromatic N) is 1. The third kappa shape index (κ3) is 6.97. The largest absolute Gasteiger partial charge is 0.494 e. The second-order valence-corrected chi connectivity index (χ2v) is 8.47. The molecule has 3 amide bonds. The molecule has 1 fully saturated rings. The molecule has 170 valence electrons. The number of aryl methyl sites for hydroxylation is 1. The van der Waals surface area contributed by atoms with Gasteiger partial charge >= 0.3 is 0 Å². The molecule has 7 nitrogen and oxygen atoms in total. The Kier molecular flexibility index (Phi) is 8.74. The lowest BCUT2D eigenvalue weighted by Gasteiger charge is -2.31. The molecule has 7 heteroatoms. The van der Waals surface area contributed by atoms with Crippen molar-refractivity contribution in [2.24, 2.45) is 5.92 Å². The van der Waals surface area contributed by atoms with Crippen molar-refractivity contribution in [2.75, 3.05) is 31.6 Å². The van der Waals surface area contributed by atoms with Gasteiger partial charge in [0, 0.05) is 44.1 Å². The zero-order valence-electron chi connectivity index (χ0n) is 18.6. The van der Waals surface area contributed by atoms with Gasteiger partial charge in [0.1, 0.15) is 5.75 Å². The molecule has 0 aliphatic carbocycles. The number of likely N-dealkylation sites (tertiary alicyclic amines) is 1. The average molecular weight is 430 g/mol. The zero-order valence-corrected chi connectivity index (χ0v) is 18.6. The van der Waals surface area contributed by atoms with E-state index in [2.05, 4.69) is 17.6 Å². The number of hydrogen-bond acceptors (Lipinski definition) is 4. The van der Waals surface area contributed by atoms with Crippen molar-refractivity contribution < 1.29 is 19.1 Å². The predicted molar refractivity (Wildman–Crippen MR) is 120 cm³/mol. The van der Waals surface area contributed by atoms with E-state index in [1.165, 1.54) is 0 Å². The van der Waals surface area contributed by atoms with E-state index >= 15 is 0 Å². The van der Waals surface area contributed by atoms with Gasteiger partial charge in [-0.1, -0.05) is 19.8 Å². The van der Waals surface area contributed by atoms with E-state index in [0.717, 1.165) is 62.1 Å². The monoisotopic (exact) mass is 429 g/mol. The fourth-order valence-corrected chi connectivity index (χ4v) is 4.14. The number of nitrogens with one attached hydrogen (secondary N) is 2. The van der Waals surface area contributed by atoms with Crippen LogP contribution in [-0.4, -0.2) is 48.9 Å². The van der Waals surface area contributed by atoms with Crippen LogP contribution in [0.1, 0.15) is 63.9 Å². The summed E-state index contributed by atoms with van der Waals surface area (Å²) in [5, 5.41) is 5.89. The standard InChI is InChI=1S/C24H35N3O4/c1-2-3-4-13-25-24(30)18-11-14-27(15-12-18)23(29)6-5-16-31-20-8-9-21-19(17-20)7-10-22(28)26-21/h8-9,17-18H,2-7,10-16H2,1H3,(H,25,30)(H,26,28). The topological polar surface area (TPSA) is 87.7 Å². The maximum Gasteiger partial charge on any atom is 0.224 e. The molecule has 1 aromatic rings. The van der Waals surface area contributed by atoms with Gasteiger partial charge in [0.2, 0.25) is 17.7 Å². The Hall–Kier alpha value is -2.57. The minimum Gasteiger partial charge on any atom is -0.494 e. The molecule has 1 saturated heterocycles. The highest BCUT2D eigenvalue weighted by Gasteiger charge is 2.26. The van der Waals surface area contributed by atoms with E-state index in [1.807, 2.05) is 23.1 Å². The normalized spacial score (nSPS) is 16.4. The lowest BCUT2D eigenvalue weighted by molar-refractivity contribution is -0.135. The molecule has 3 rings (SSSR count). The number of hydrogen-bond donors (Lipinski definition) is 2. The Balaban J connectivity index is 1.31. The molecule has 2 heterocycles. The first-order valence-corrected chi connectivity index (χ1v) is 11.7. The van der Waals surface area contributed by atoms with Gasteiger partial charge in [-0.2, -0.15) is 0 Å². The fraction of sp³-hybridized carbons (Fsp3) is 0.625. The highest BCUT2D eigenvalue weighted by Crippen LogP contribution is 2.27. The van der Waals surface area contributed by atoms with Crippen molar-refractivity contribution in [3.05, 3.63) is 23.8 Å². The van der Waals surface area contributed by atoms with Crippen LogP contribution in [0.5, 0.6) is 5.75 Å². The highest BCUT2D eigenvalue weighted by atomic mass is 16.5. The van der Waals surface area contributed by atoms with Crippen LogP contribution in [-0.2, 0) is 20.8 Å². The molecule has 2 aliphatic rings. The van der Waals surface area contributed by atoms with E-state index in [9.17, 15) is 14.4 Å². The molecule has 31 heavy (non-hydrogen) atoms. The molecule has 0 saturated carbocycles. The van der Waals surface area contributed by atoms with Crippen LogP contribution >= 0.6 is 0 Å². The van der Waals surface area contributed by atoms with E-state index in [0.29, 0.717) is 39.0 Å². The molecular weight excluding hydrogens is 394 g/mol. The van der Waals surface area contributed by atoms with Gasteiger partial charge in [-0.05, 0) is 55.9 Å². The number of unbranched alkanes of at least 4 members (excludes halogenated alkanes) is 2. The Bertz CT molecular complexity index is 772. The first-order valence-electron chi connectivity index (χ1n) is 11.7. The molecular formula is C24H35N3O4. The maximum absolute atomic E-state index is 12.5. The van der Waals surface area contributed by atoms with Gasteiger partial charge in [-0.3, -0.25) is 14.4 Å². The minimum atomic E-state index is 0.0304. The summed E-state index contributed by atoms with van der Waals surface area (Å²) in [6, 6.07) is 5.69. The summed E-state index contributed by atoms with van der Waals surface area (Å²) in [5.74, 6) is 1.13. The van der Waals surface area contributed by atoms with Crippen molar-refractivity contribution in [3.63, 3.8) is 0 Å². The van der Waals surface area contributed by atoms with Gasteiger partial charge in [0.15, 0.2) is 0 Å². The summed E-state index contributed by atoms with van der Waals surface area (Å²) in [6.45, 7) is 4.70. The first-order chi connectivity index (χ1) is 15.1. The van der Waals surface area contributed by atoms with Crippen LogP contribution < -0.4 is 15.4 Å². The number of benzene rings is 1. The van der Waals surface area contributed by atoms with Crippen molar-refractivity contribution in [2.45, 2.75) is 64.7 Å². The Morgan fingerprint density at radius 2 is 1.97 bits per heavy atom. The molecule has 0 aromatic heterocycles. The van der Waals surface area contributed by atoms with Crippen molar-refractivity contribution in [1.82, 2.24) is 10.2 Å². The van der Waals surface area contributed by atoms with Gasteiger partial charge < -0.3 is 20.3 Å². The van der Waals surface area contributed by atoms with Gasteiger partial charge in [-0.25, -0.2) is 0 Å². The van der Waals surface area contributed by atoms with E-state index in [4.69, 9.17) is 4.74 Å². The molecule has 1 aromatic carbocycles. The molecule has 2 aliphatic heterocycles. The molecule has 0 radical (unpaired) electrons. The lowest BCUT2D eigenvalue weighted by atomic mass is 9.95. The second kappa shape index (κ2) is 11.7.